The smallest absolute Gasteiger partial charge is 0.274 e. The first-order valence-electron chi connectivity index (χ1n) is 6.34. The van der Waals surface area contributed by atoms with Crippen molar-refractivity contribution in [1.29, 1.82) is 0 Å². The van der Waals surface area contributed by atoms with Crippen molar-refractivity contribution in [2.24, 2.45) is 0 Å². The van der Waals surface area contributed by atoms with E-state index in [2.05, 4.69) is 5.32 Å². The van der Waals surface area contributed by atoms with E-state index in [0.29, 0.717) is 31.9 Å². The number of benzene rings is 1. The number of hydrogen-bond donors (Lipinski definition) is 1. The summed E-state index contributed by atoms with van der Waals surface area (Å²) < 4.78 is 10.8. The summed E-state index contributed by atoms with van der Waals surface area (Å²) in [6, 6.07) is 6.67. The first-order valence-corrected chi connectivity index (χ1v) is 6.34. The lowest BCUT2D eigenvalue weighted by atomic mass is 10.1. The molecule has 1 aliphatic rings. The van der Waals surface area contributed by atoms with Crippen LogP contribution in [-0.2, 0) is 9.47 Å². The van der Waals surface area contributed by atoms with Gasteiger partial charge in [0.25, 0.3) is 5.69 Å². The van der Waals surface area contributed by atoms with Crippen molar-refractivity contribution in [3.63, 3.8) is 0 Å². The molecule has 2 atom stereocenters. The van der Waals surface area contributed by atoms with Crippen LogP contribution >= 0.6 is 0 Å². The lowest BCUT2D eigenvalue weighted by Crippen LogP contribution is -2.38. The van der Waals surface area contributed by atoms with Crippen LogP contribution in [0.2, 0.25) is 0 Å². The molecule has 1 fully saturated rings. The van der Waals surface area contributed by atoms with Gasteiger partial charge in [0, 0.05) is 24.2 Å². The second kappa shape index (κ2) is 6.60. The first-order chi connectivity index (χ1) is 9.18. The van der Waals surface area contributed by atoms with Crippen LogP contribution in [0.1, 0.15) is 18.5 Å². The Bertz CT molecular complexity index is 432. The normalized spacial score (nSPS) is 21.0. The molecule has 0 aromatic heterocycles. The van der Waals surface area contributed by atoms with E-state index >= 15 is 0 Å². The lowest BCUT2D eigenvalue weighted by Gasteiger charge is -2.25. The highest BCUT2D eigenvalue weighted by Crippen LogP contribution is 2.24. The highest BCUT2D eigenvalue weighted by Gasteiger charge is 2.20. The van der Waals surface area contributed by atoms with Gasteiger partial charge in [-0.25, -0.2) is 0 Å². The minimum Gasteiger partial charge on any atom is -0.376 e. The number of nitro benzene ring substituents is 1. The number of rotatable bonds is 5. The molecule has 1 heterocycles. The molecule has 2 rings (SSSR count). The SMILES string of the molecule is CC(NCC1COCCO1)c1ccccc1[N+](=O)[O-]. The van der Waals surface area contributed by atoms with Crippen LogP contribution < -0.4 is 5.32 Å². The maximum atomic E-state index is 11.0. The zero-order chi connectivity index (χ0) is 13.7. The number of nitrogens with zero attached hydrogens (tertiary/aromatic N) is 1. The molecule has 104 valence electrons. The van der Waals surface area contributed by atoms with Crippen LogP contribution in [0.3, 0.4) is 0 Å². The van der Waals surface area contributed by atoms with Gasteiger partial charge in [-0.3, -0.25) is 10.1 Å². The Morgan fingerprint density at radius 3 is 2.95 bits per heavy atom. The Hall–Kier alpha value is -1.50. The number of hydrogen-bond acceptors (Lipinski definition) is 5. The number of nitro groups is 1. The summed E-state index contributed by atoms with van der Waals surface area (Å²) in [5, 5.41) is 14.2. The topological polar surface area (TPSA) is 73.6 Å². The zero-order valence-corrected chi connectivity index (χ0v) is 10.9. The quantitative estimate of drug-likeness (QED) is 0.648. The van der Waals surface area contributed by atoms with Gasteiger partial charge in [-0.05, 0) is 6.92 Å². The van der Waals surface area contributed by atoms with Crippen molar-refractivity contribution in [2.75, 3.05) is 26.4 Å². The summed E-state index contributed by atoms with van der Waals surface area (Å²) in [5.74, 6) is 0. The molecule has 6 heteroatoms. The second-order valence-electron chi connectivity index (χ2n) is 4.51. The van der Waals surface area contributed by atoms with Gasteiger partial charge in [0.05, 0.1) is 30.8 Å². The van der Waals surface area contributed by atoms with Crippen LogP contribution in [0.5, 0.6) is 0 Å². The van der Waals surface area contributed by atoms with E-state index in [4.69, 9.17) is 9.47 Å². The summed E-state index contributed by atoms with van der Waals surface area (Å²) in [7, 11) is 0. The van der Waals surface area contributed by atoms with Crippen LogP contribution in [0.4, 0.5) is 5.69 Å². The Labute approximate surface area is 111 Å². The number of nitrogens with one attached hydrogen (secondary N) is 1. The van der Waals surface area contributed by atoms with Gasteiger partial charge in [-0.15, -0.1) is 0 Å². The molecule has 1 aliphatic heterocycles. The molecule has 0 spiro atoms. The Morgan fingerprint density at radius 1 is 1.47 bits per heavy atom. The molecule has 0 bridgehead atoms. The summed E-state index contributed by atoms with van der Waals surface area (Å²) in [4.78, 5) is 10.6. The molecule has 1 N–H and O–H groups in total. The van der Waals surface area contributed by atoms with Crippen molar-refractivity contribution >= 4 is 5.69 Å². The van der Waals surface area contributed by atoms with Gasteiger partial charge < -0.3 is 14.8 Å². The van der Waals surface area contributed by atoms with Gasteiger partial charge in [0.1, 0.15) is 0 Å². The predicted octanol–water partition coefficient (Wildman–Crippen LogP) is 1.66. The van der Waals surface area contributed by atoms with Crippen LogP contribution in [0.25, 0.3) is 0 Å². The maximum Gasteiger partial charge on any atom is 0.274 e. The summed E-state index contributed by atoms with van der Waals surface area (Å²) in [6.07, 6.45) is 0.0129. The summed E-state index contributed by atoms with van der Waals surface area (Å²) in [6.45, 7) is 4.33. The van der Waals surface area contributed by atoms with Crippen LogP contribution in [0, 0.1) is 10.1 Å². The fourth-order valence-corrected chi connectivity index (χ4v) is 2.09. The standard InChI is InChI=1S/C13H18N2O4/c1-10(14-8-11-9-18-6-7-19-11)12-4-2-3-5-13(12)15(16)17/h2-5,10-11,14H,6-9H2,1H3. The monoisotopic (exact) mass is 266 g/mol. The first kappa shape index (κ1) is 13.9. The van der Waals surface area contributed by atoms with Gasteiger partial charge in [-0.2, -0.15) is 0 Å². The molecular weight excluding hydrogens is 248 g/mol. The highest BCUT2D eigenvalue weighted by molar-refractivity contribution is 5.41. The minimum atomic E-state index is -0.353. The van der Waals surface area contributed by atoms with E-state index in [-0.39, 0.29) is 22.8 Å². The van der Waals surface area contributed by atoms with Gasteiger partial charge >= 0.3 is 0 Å². The Balaban J connectivity index is 1.95. The molecule has 0 amide bonds. The summed E-state index contributed by atoms with van der Waals surface area (Å²) in [5.41, 5.74) is 0.826. The van der Waals surface area contributed by atoms with Crippen molar-refractivity contribution in [1.82, 2.24) is 5.32 Å². The van der Waals surface area contributed by atoms with E-state index in [1.807, 2.05) is 6.92 Å². The fourth-order valence-electron chi connectivity index (χ4n) is 2.09. The van der Waals surface area contributed by atoms with Crippen molar-refractivity contribution < 1.29 is 14.4 Å². The molecule has 6 nitrogen and oxygen atoms in total. The Kier molecular flexibility index (Phi) is 4.84. The second-order valence-corrected chi connectivity index (χ2v) is 4.51. The predicted molar refractivity (Wildman–Crippen MR) is 70.1 cm³/mol. The molecule has 1 aromatic rings. The van der Waals surface area contributed by atoms with Gasteiger partial charge in [0.2, 0.25) is 0 Å². The molecule has 0 radical (unpaired) electrons. The van der Waals surface area contributed by atoms with Gasteiger partial charge in [0.15, 0.2) is 0 Å². The van der Waals surface area contributed by atoms with Crippen LogP contribution in [-0.4, -0.2) is 37.4 Å². The van der Waals surface area contributed by atoms with Crippen molar-refractivity contribution in [2.45, 2.75) is 19.1 Å². The average molecular weight is 266 g/mol. The van der Waals surface area contributed by atoms with E-state index in [0.717, 1.165) is 0 Å². The van der Waals surface area contributed by atoms with Gasteiger partial charge in [-0.1, -0.05) is 18.2 Å². The van der Waals surface area contributed by atoms with E-state index in [1.54, 1.807) is 18.2 Å². The number of ether oxygens (including phenoxy) is 2. The molecule has 0 saturated carbocycles. The maximum absolute atomic E-state index is 11.0. The molecule has 2 unspecified atom stereocenters. The molecule has 1 aromatic carbocycles. The fraction of sp³-hybridized carbons (Fsp3) is 0.538. The van der Waals surface area contributed by atoms with Crippen molar-refractivity contribution in [3.05, 3.63) is 39.9 Å². The van der Waals surface area contributed by atoms with Crippen molar-refractivity contribution in [3.8, 4) is 0 Å². The third-order valence-corrected chi connectivity index (χ3v) is 3.14. The minimum absolute atomic E-state index is 0.0129. The summed E-state index contributed by atoms with van der Waals surface area (Å²) >= 11 is 0. The largest absolute Gasteiger partial charge is 0.376 e. The lowest BCUT2D eigenvalue weighted by molar-refractivity contribution is -0.385. The molecule has 0 aliphatic carbocycles. The van der Waals surface area contributed by atoms with E-state index in [9.17, 15) is 10.1 Å². The zero-order valence-electron chi connectivity index (χ0n) is 10.9. The van der Waals surface area contributed by atoms with Crippen LogP contribution in [0.15, 0.2) is 24.3 Å². The van der Waals surface area contributed by atoms with E-state index < -0.39 is 0 Å². The van der Waals surface area contributed by atoms with E-state index in [1.165, 1.54) is 6.07 Å². The average Bonchev–Trinajstić information content (AvgIpc) is 2.46. The molecule has 1 saturated heterocycles. The third kappa shape index (κ3) is 3.73. The number of para-hydroxylation sites is 1. The molecular formula is C13H18N2O4. The Morgan fingerprint density at radius 2 is 2.26 bits per heavy atom. The molecule has 19 heavy (non-hydrogen) atoms. The third-order valence-electron chi connectivity index (χ3n) is 3.14. The highest BCUT2D eigenvalue weighted by atomic mass is 16.6.